The number of piperazine rings is 1. The van der Waals surface area contributed by atoms with E-state index in [4.69, 9.17) is 4.98 Å². The number of rotatable bonds is 4. The first-order valence-corrected chi connectivity index (χ1v) is 11.9. The fourth-order valence-electron chi connectivity index (χ4n) is 4.50. The van der Waals surface area contributed by atoms with Crippen molar-refractivity contribution in [1.82, 2.24) is 19.8 Å². The van der Waals surface area contributed by atoms with E-state index < -0.39 is 0 Å². The van der Waals surface area contributed by atoms with Crippen molar-refractivity contribution in [2.45, 2.75) is 39.5 Å². The van der Waals surface area contributed by atoms with Crippen LogP contribution in [-0.4, -0.2) is 71.0 Å². The van der Waals surface area contributed by atoms with E-state index in [1.807, 2.05) is 48.2 Å². The summed E-state index contributed by atoms with van der Waals surface area (Å²) in [5.74, 6) is 2.11. The number of carbonyl (C=O) groups excluding carboxylic acids is 2. The van der Waals surface area contributed by atoms with Crippen LogP contribution >= 0.6 is 0 Å². The van der Waals surface area contributed by atoms with Gasteiger partial charge in [-0.15, -0.1) is 0 Å². The first kappa shape index (κ1) is 23.0. The van der Waals surface area contributed by atoms with Crippen LogP contribution in [0.15, 0.2) is 36.4 Å². The summed E-state index contributed by atoms with van der Waals surface area (Å²) in [7, 11) is 0. The summed E-state index contributed by atoms with van der Waals surface area (Å²) in [6.45, 7) is 10.2. The fraction of sp³-hybridized carbons (Fsp3) is 0.520. The summed E-state index contributed by atoms with van der Waals surface area (Å²) in [6.07, 6.45) is 1.67. The second-order valence-corrected chi connectivity index (χ2v) is 9.27. The molecule has 0 saturated carbocycles. The highest BCUT2D eigenvalue weighted by atomic mass is 16.2. The van der Waals surface area contributed by atoms with Gasteiger partial charge >= 0.3 is 6.03 Å². The number of likely N-dealkylation sites (tertiary alicyclic amines) is 1. The number of benzene rings is 1. The molecule has 176 valence electrons. The zero-order valence-corrected chi connectivity index (χ0v) is 19.8. The SMILES string of the molecule is Cc1cc(N2CCN(C(=O)C3CCCN(C(=O)Nc4ccccc4)C3)CC2)nc(C(C)C)n1. The largest absolute Gasteiger partial charge is 0.353 e. The molecule has 0 spiro atoms. The Hall–Kier alpha value is -3.16. The number of hydrogen-bond acceptors (Lipinski definition) is 5. The van der Waals surface area contributed by atoms with Crippen LogP contribution in [-0.2, 0) is 4.79 Å². The van der Waals surface area contributed by atoms with Crippen molar-refractivity contribution in [3.05, 3.63) is 47.9 Å². The van der Waals surface area contributed by atoms with E-state index in [1.165, 1.54) is 0 Å². The molecule has 33 heavy (non-hydrogen) atoms. The van der Waals surface area contributed by atoms with E-state index in [1.54, 1.807) is 4.90 Å². The van der Waals surface area contributed by atoms with E-state index in [9.17, 15) is 9.59 Å². The second-order valence-electron chi connectivity index (χ2n) is 9.27. The number of nitrogens with one attached hydrogen (secondary N) is 1. The van der Waals surface area contributed by atoms with Gasteiger partial charge in [-0.3, -0.25) is 4.79 Å². The lowest BCUT2D eigenvalue weighted by atomic mass is 9.96. The van der Waals surface area contributed by atoms with E-state index >= 15 is 0 Å². The Morgan fingerprint density at radius 1 is 1.00 bits per heavy atom. The molecule has 8 heteroatoms. The first-order valence-electron chi connectivity index (χ1n) is 11.9. The van der Waals surface area contributed by atoms with Gasteiger partial charge in [-0.2, -0.15) is 0 Å². The molecule has 0 bridgehead atoms. The number of aryl methyl sites for hydroxylation is 1. The third-order valence-corrected chi connectivity index (χ3v) is 6.37. The standard InChI is InChI=1S/C25H34N6O2/c1-18(2)23-26-19(3)16-22(28-23)29-12-14-30(15-13-29)24(32)20-8-7-11-31(17-20)25(33)27-21-9-5-4-6-10-21/h4-6,9-10,16,18,20H,7-8,11-15,17H2,1-3H3,(H,27,33). The summed E-state index contributed by atoms with van der Waals surface area (Å²) in [4.78, 5) is 41.2. The van der Waals surface area contributed by atoms with Crippen LogP contribution in [0.1, 0.15) is 44.1 Å². The zero-order valence-electron chi connectivity index (χ0n) is 19.8. The number of amides is 3. The number of hydrogen-bond donors (Lipinski definition) is 1. The van der Waals surface area contributed by atoms with Crippen LogP contribution in [0.5, 0.6) is 0 Å². The Bertz CT molecular complexity index is 972. The Morgan fingerprint density at radius 3 is 2.42 bits per heavy atom. The fourth-order valence-corrected chi connectivity index (χ4v) is 4.50. The normalized spacial score (nSPS) is 19.0. The Kier molecular flexibility index (Phi) is 7.11. The maximum Gasteiger partial charge on any atom is 0.321 e. The minimum absolute atomic E-state index is 0.136. The van der Waals surface area contributed by atoms with E-state index in [2.05, 4.69) is 29.0 Å². The third kappa shape index (κ3) is 5.61. The molecule has 2 fully saturated rings. The highest BCUT2D eigenvalue weighted by molar-refractivity contribution is 5.90. The Labute approximate surface area is 196 Å². The predicted molar refractivity (Wildman–Crippen MR) is 129 cm³/mol. The topological polar surface area (TPSA) is 81.7 Å². The van der Waals surface area contributed by atoms with Gasteiger partial charge in [-0.1, -0.05) is 32.0 Å². The molecule has 4 rings (SSSR count). The molecule has 2 saturated heterocycles. The summed E-state index contributed by atoms with van der Waals surface area (Å²) < 4.78 is 0. The van der Waals surface area contributed by atoms with Gasteiger partial charge in [-0.05, 0) is 31.9 Å². The van der Waals surface area contributed by atoms with E-state index in [0.29, 0.717) is 26.2 Å². The number of anilines is 2. The lowest BCUT2D eigenvalue weighted by Crippen LogP contribution is -2.53. The molecule has 1 aromatic heterocycles. The first-order chi connectivity index (χ1) is 15.9. The monoisotopic (exact) mass is 450 g/mol. The number of urea groups is 1. The van der Waals surface area contributed by atoms with Crippen molar-refractivity contribution < 1.29 is 9.59 Å². The Morgan fingerprint density at radius 2 is 1.73 bits per heavy atom. The molecule has 3 amide bonds. The summed E-state index contributed by atoms with van der Waals surface area (Å²) in [5.41, 5.74) is 1.74. The molecule has 2 aliphatic rings. The van der Waals surface area contributed by atoms with Gasteiger partial charge in [0, 0.05) is 62.6 Å². The predicted octanol–water partition coefficient (Wildman–Crippen LogP) is 3.50. The third-order valence-electron chi connectivity index (χ3n) is 6.37. The average Bonchev–Trinajstić information content (AvgIpc) is 2.84. The van der Waals surface area contributed by atoms with Crippen molar-refractivity contribution in [3.63, 3.8) is 0 Å². The highest BCUT2D eigenvalue weighted by Crippen LogP contribution is 2.23. The summed E-state index contributed by atoms with van der Waals surface area (Å²) >= 11 is 0. The number of nitrogens with zero attached hydrogens (tertiary/aromatic N) is 5. The molecular formula is C25H34N6O2. The molecule has 1 atom stereocenters. The van der Waals surface area contributed by atoms with Crippen molar-refractivity contribution in [2.75, 3.05) is 49.5 Å². The maximum atomic E-state index is 13.2. The zero-order chi connectivity index (χ0) is 23.4. The number of aromatic nitrogens is 2. The van der Waals surface area contributed by atoms with Crippen LogP contribution in [0.3, 0.4) is 0 Å². The van der Waals surface area contributed by atoms with Crippen LogP contribution in [0.4, 0.5) is 16.3 Å². The average molecular weight is 451 g/mol. The van der Waals surface area contributed by atoms with Crippen LogP contribution in [0, 0.1) is 12.8 Å². The lowest BCUT2D eigenvalue weighted by molar-refractivity contribution is -0.137. The smallest absolute Gasteiger partial charge is 0.321 e. The molecule has 0 aliphatic carbocycles. The molecule has 1 unspecified atom stereocenters. The van der Waals surface area contributed by atoms with Crippen molar-refractivity contribution in [1.29, 1.82) is 0 Å². The molecule has 3 heterocycles. The van der Waals surface area contributed by atoms with Crippen LogP contribution < -0.4 is 10.2 Å². The molecular weight excluding hydrogens is 416 g/mol. The van der Waals surface area contributed by atoms with Gasteiger partial charge in [0.15, 0.2) is 0 Å². The van der Waals surface area contributed by atoms with Crippen molar-refractivity contribution >= 4 is 23.4 Å². The number of piperidine rings is 1. The molecule has 1 N–H and O–H groups in total. The maximum absolute atomic E-state index is 13.2. The van der Waals surface area contributed by atoms with E-state index in [-0.39, 0.29) is 23.8 Å². The molecule has 8 nitrogen and oxygen atoms in total. The van der Waals surface area contributed by atoms with Gasteiger partial charge < -0.3 is 20.0 Å². The molecule has 2 aromatic rings. The van der Waals surface area contributed by atoms with Crippen molar-refractivity contribution in [2.24, 2.45) is 5.92 Å². The summed E-state index contributed by atoms with van der Waals surface area (Å²) in [6, 6.07) is 11.3. The van der Waals surface area contributed by atoms with Gasteiger partial charge in [0.1, 0.15) is 11.6 Å². The van der Waals surface area contributed by atoms with Gasteiger partial charge in [-0.25, -0.2) is 14.8 Å². The molecule has 1 aromatic carbocycles. The minimum Gasteiger partial charge on any atom is -0.353 e. The lowest BCUT2D eigenvalue weighted by Gasteiger charge is -2.39. The van der Waals surface area contributed by atoms with Crippen LogP contribution in [0.25, 0.3) is 0 Å². The minimum atomic E-state index is -0.138. The van der Waals surface area contributed by atoms with Gasteiger partial charge in [0.25, 0.3) is 0 Å². The Balaban J connectivity index is 1.32. The molecule has 2 aliphatic heterocycles. The van der Waals surface area contributed by atoms with Crippen LogP contribution in [0.2, 0.25) is 0 Å². The number of carbonyl (C=O) groups is 2. The van der Waals surface area contributed by atoms with Gasteiger partial charge in [0.2, 0.25) is 5.91 Å². The van der Waals surface area contributed by atoms with Crippen molar-refractivity contribution in [3.8, 4) is 0 Å². The van der Waals surface area contributed by atoms with Gasteiger partial charge in [0.05, 0.1) is 5.92 Å². The quantitative estimate of drug-likeness (QED) is 0.771. The molecule has 0 radical (unpaired) electrons. The van der Waals surface area contributed by atoms with E-state index in [0.717, 1.165) is 49.0 Å². The number of para-hydroxylation sites is 1. The highest BCUT2D eigenvalue weighted by Gasteiger charge is 2.33. The second kappa shape index (κ2) is 10.2. The summed E-state index contributed by atoms with van der Waals surface area (Å²) in [5, 5.41) is 2.93.